The van der Waals surface area contributed by atoms with Gasteiger partial charge in [-0.15, -0.1) is 0 Å². The summed E-state index contributed by atoms with van der Waals surface area (Å²) in [4.78, 5) is 15.8. The smallest absolute Gasteiger partial charge is 0.224 e. The molecule has 0 amide bonds. The number of allylic oxidation sites excluding steroid dienone is 1. The van der Waals surface area contributed by atoms with Crippen molar-refractivity contribution in [2.24, 2.45) is 0 Å². The lowest BCUT2D eigenvalue weighted by molar-refractivity contribution is 0.102. The predicted octanol–water partition coefficient (Wildman–Crippen LogP) is 2.98. The molecule has 0 saturated carbocycles. The van der Waals surface area contributed by atoms with Gasteiger partial charge in [0.05, 0.1) is 7.11 Å². The van der Waals surface area contributed by atoms with E-state index in [-0.39, 0.29) is 17.3 Å². The van der Waals surface area contributed by atoms with E-state index in [1.54, 1.807) is 31.4 Å². The highest BCUT2D eigenvalue weighted by molar-refractivity contribution is 6.05. The minimum Gasteiger partial charge on any atom is -0.504 e. The number of hydrogen-bond acceptors (Lipinski definition) is 7. The quantitative estimate of drug-likeness (QED) is 0.407. The number of hydrogen-bond donors (Lipinski definition) is 2. The second-order valence-electron chi connectivity index (χ2n) is 4.66. The van der Waals surface area contributed by atoms with Crippen molar-refractivity contribution in [3.8, 4) is 17.2 Å². The molecule has 0 fully saturated rings. The molecule has 1 aromatic carbocycles. The molecule has 3 rings (SSSR count). The molecule has 24 heavy (non-hydrogen) atoms. The number of furan rings is 1. The third-order valence-electron chi connectivity index (χ3n) is 3.02. The maximum absolute atomic E-state index is 12.0. The van der Waals surface area contributed by atoms with Crippen molar-refractivity contribution in [2.45, 2.75) is 0 Å². The first-order valence-corrected chi connectivity index (χ1v) is 6.87. The first-order valence-electron chi connectivity index (χ1n) is 6.87. The molecule has 0 radical (unpaired) electrons. The number of carbonyl (C=O) groups is 1. The molecule has 0 bridgehead atoms. The molecule has 0 unspecified atom stereocenters. The number of aliphatic hydroxyl groups excluding tert-OH is 1. The third-order valence-corrected chi connectivity index (χ3v) is 3.02. The Kier molecular flexibility index (Phi) is 4.28. The number of nitrogens with one attached hydrogen (secondary N) is 1. The van der Waals surface area contributed by atoms with Crippen molar-refractivity contribution in [1.29, 1.82) is 0 Å². The molecule has 2 N–H and O–H groups in total. The van der Waals surface area contributed by atoms with Crippen LogP contribution in [-0.4, -0.2) is 33.2 Å². The molecule has 0 spiro atoms. The minimum absolute atomic E-state index is 0.0129. The Bertz CT molecular complexity index is 867. The van der Waals surface area contributed by atoms with Crippen molar-refractivity contribution in [3.05, 3.63) is 60.6 Å². The summed E-state index contributed by atoms with van der Waals surface area (Å²) in [6.07, 6.45) is 3.50. The first-order chi connectivity index (χ1) is 11.7. The van der Waals surface area contributed by atoms with Gasteiger partial charge in [0.25, 0.3) is 0 Å². The van der Waals surface area contributed by atoms with Crippen LogP contribution in [0.5, 0.6) is 17.2 Å². The fourth-order valence-corrected chi connectivity index (χ4v) is 1.89. The maximum atomic E-state index is 12.0. The number of methoxy groups -OCH3 is 1. The summed E-state index contributed by atoms with van der Waals surface area (Å²) in [7, 11) is 1.56. The van der Waals surface area contributed by atoms with E-state index in [4.69, 9.17) is 13.9 Å². The van der Waals surface area contributed by atoms with E-state index in [9.17, 15) is 9.90 Å². The summed E-state index contributed by atoms with van der Waals surface area (Å²) >= 11 is 0. The molecule has 8 nitrogen and oxygen atoms in total. The van der Waals surface area contributed by atoms with Crippen molar-refractivity contribution >= 4 is 11.5 Å². The van der Waals surface area contributed by atoms with Crippen LogP contribution >= 0.6 is 0 Å². The van der Waals surface area contributed by atoms with Gasteiger partial charge in [0.1, 0.15) is 24.1 Å². The molecule has 2 aromatic heterocycles. The summed E-state index contributed by atoms with van der Waals surface area (Å²) in [5, 5.41) is 15.8. The number of H-pyrrole nitrogens is 1. The summed E-state index contributed by atoms with van der Waals surface area (Å²) < 4.78 is 15.9. The van der Waals surface area contributed by atoms with Gasteiger partial charge < -0.3 is 19.0 Å². The normalized spacial score (nSPS) is 11.3. The molecular formula is C16H13N3O5. The Morgan fingerprint density at radius 2 is 2.12 bits per heavy atom. The van der Waals surface area contributed by atoms with E-state index in [2.05, 4.69) is 15.2 Å². The maximum Gasteiger partial charge on any atom is 0.224 e. The molecule has 3 aromatic rings. The number of aromatic nitrogens is 3. The molecule has 0 atom stereocenters. The number of aliphatic hydroxyl groups is 1. The van der Waals surface area contributed by atoms with Crippen LogP contribution < -0.4 is 9.47 Å². The number of ether oxygens (including phenoxy) is 2. The van der Waals surface area contributed by atoms with Crippen molar-refractivity contribution in [2.75, 3.05) is 7.11 Å². The second-order valence-corrected chi connectivity index (χ2v) is 4.66. The lowest BCUT2D eigenvalue weighted by Gasteiger charge is -2.04. The largest absolute Gasteiger partial charge is 0.504 e. The van der Waals surface area contributed by atoms with Gasteiger partial charge in [-0.05, 0) is 12.1 Å². The van der Waals surface area contributed by atoms with Gasteiger partial charge in [-0.25, -0.2) is 4.98 Å². The zero-order valence-corrected chi connectivity index (χ0v) is 12.6. The average molecular weight is 327 g/mol. The topological polar surface area (TPSA) is 110 Å². The van der Waals surface area contributed by atoms with Crippen LogP contribution in [0.1, 0.15) is 16.4 Å². The number of benzene rings is 1. The van der Waals surface area contributed by atoms with Crippen LogP contribution in [0.3, 0.4) is 0 Å². The Labute approximate surface area is 136 Å². The van der Waals surface area contributed by atoms with Crippen LogP contribution in [-0.2, 0) is 0 Å². The van der Waals surface area contributed by atoms with Gasteiger partial charge in [-0.3, -0.25) is 9.89 Å². The second kappa shape index (κ2) is 6.69. The lowest BCUT2D eigenvalue weighted by atomic mass is 10.2. The Morgan fingerprint density at radius 3 is 2.88 bits per heavy atom. The van der Waals surface area contributed by atoms with Crippen molar-refractivity contribution in [1.82, 2.24) is 15.2 Å². The highest BCUT2D eigenvalue weighted by Crippen LogP contribution is 2.27. The Balaban J connectivity index is 1.73. The third kappa shape index (κ3) is 3.43. The van der Waals surface area contributed by atoms with E-state index < -0.39 is 5.78 Å². The molecule has 122 valence electrons. The number of ketones is 1. The molecule has 0 saturated heterocycles. The summed E-state index contributed by atoms with van der Waals surface area (Å²) in [5.41, 5.74) is 0. The highest BCUT2D eigenvalue weighted by Gasteiger charge is 2.13. The molecular weight excluding hydrogens is 314 g/mol. The van der Waals surface area contributed by atoms with Gasteiger partial charge in [0.2, 0.25) is 5.78 Å². The van der Waals surface area contributed by atoms with E-state index in [1.165, 1.54) is 18.7 Å². The van der Waals surface area contributed by atoms with E-state index in [0.717, 1.165) is 6.08 Å². The van der Waals surface area contributed by atoms with Gasteiger partial charge >= 0.3 is 0 Å². The summed E-state index contributed by atoms with van der Waals surface area (Å²) in [6.45, 7) is 0. The van der Waals surface area contributed by atoms with Gasteiger partial charge in [-0.1, -0.05) is 6.07 Å². The van der Waals surface area contributed by atoms with Crippen molar-refractivity contribution < 1.29 is 23.8 Å². The van der Waals surface area contributed by atoms with Crippen LogP contribution in [0, 0.1) is 0 Å². The first kappa shape index (κ1) is 15.3. The molecule has 0 aliphatic rings. The highest BCUT2D eigenvalue weighted by atomic mass is 16.5. The fraction of sp³-hybridized carbons (Fsp3) is 0.0625. The molecule has 2 heterocycles. The Morgan fingerprint density at radius 1 is 1.29 bits per heavy atom. The average Bonchev–Trinajstić information content (AvgIpc) is 3.26. The fourth-order valence-electron chi connectivity index (χ4n) is 1.89. The molecule has 0 aliphatic heterocycles. The zero-order chi connectivity index (χ0) is 16.9. The zero-order valence-electron chi connectivity index (χ0n) is 12.6. The monoisotopic (exact) mass is 327 g/mol. The number of carbonyl (C=O) groups excluding carboxylic acids is 1. The SMILES string of the molecule is COc1cccc(Oc2coc(C(=O)C=C(O)c3ncn[nH]3)c2)c1. The van der Waals surface area contributed by atoms with E-state index in [1.807, 2.05) is 0 Å². The number of nitrogens with zero attached hydrogens (tertiary/aromatic N) is 2. The minimum atomic E-state index is -0.538. The predicted molar refractivity (Wildman–Crippen MR) is 83.1 cm³/mol. The van der Waals surface area contributed by atoms with Gasteiger partial charge in [0, 0.05) is 18.2 Å². The van der Waals surface area contributed by atoms with Gasteiger partial charge in [0.15, 0.2) is 23.1 Å². The molecule has 0 aliphatic carbocycles. The number of rotatable bonds is 6. The number of aromatic amines is 1. The lowest BCUT2D eigenvalue weighted by Crippen LogP contribution is -1.95. The molecule has 8 heteroatoms. The van der Waals surface area contributed by atoms with Crippen LogP contribution in [0.15, 0.2) is 53.4 Å². The van der Waals surface area contributed by atoms with Crippen molar-refractivity contribution in [3.63, 3.8) is 0 Å². The standard InChI is InChI=1S/C16H13N3O5/c1-22-10-3-2-4-11(5-10)24-12-6-15(23-8-12)13(20)7-14(21)16-17-9-18-19-16/h2-9,21H,1H3,(H,17,18,19). The van der Waals surface area contributed by atoms with Crippen LogP contribution in [0.2, 0.25) is 0 Å². The van der Waals surface area contributed by atoms with Gasteiger partial charge in [-0.2, -0.15) is 5.10 Å². The van der Waals surface area contributed by atoms with Crippen LogP contribution in [0.4, 0.5) is 0 Å². The van der Waals surface area contributed by atoms with E-state index >= 15 is 0 Å². The van der Waals surface area contributed by atoms with Crippen LogP contribution in [0.25, 0.3) is 5.76 Å². The van der Waals surface area contributed by atoms with E-state index in [0.29, 0.717) is 17.2 Å². The Hall–Kier alpha value is -3.55. The summed E-state index contributed by atoms with van der Waals surface area (Å²) in [6, 6.07) is 8.43. The summed E-state index contributed by atoms with van der Waals surface area (Å²) in [5.74, 6) is 0.746.